The van der Waals surface area contributed by atoms with Crippen LogP contribution in [0.25, 0.3) is 0 Å². The lowest BCUT2D eigenvalue weighted by Crippen LogP contribution is -2.64. The molecule has 1 aromatic carbocycles. The Bertz CT molecular complexity index is 1920. The van der Waals surface area contributed by atoms with Crippen molar-refractivity contribution in [3.05, 3.63) is 54.1 Å². The summed E-state index contributed by atoms with van der Waals surface area (Å²) in [6, 6.07) is 0.585. The van der Waals surface area contributed by atoms with Crippen molar-refractivity contribution in [1.82, 2.24) is 42.1 Å². The van der Waals surface area contributed by atoms with Crippen molar-refractivity contribution < 1.29 is 55.9 Å². The Morgan fingerprint density at radius 1 is 0.867 bits per heavy atom. The second-order valence-electron chi connectivity index (χ2n) is 21.5. The predicted octanol–water partition coefficient (Wildman–Crippen LogP) is -1.85. The van der Waals surface area contributed by atoms with E-state index in [1.165, 1.54) is 33.7 Å². The zero-order valence-corrected chi connectivity index (χ0v) is 45.8. The van der Waals surface area contributed by atoms with Gasteiger partial charge in [-0.15, -0.1) is 0 Å². The first-order chi connectivity index (χ1) is 35.6. The number of β-amino-alcohol motifs (C(OH)–C–C–N with tert-alkyl or cyclic N) is 1. The summed E-state index contributed by atoms with van der Waals surface area (Å²) in [4.78, 5) is 20.6. The number of carbonyl (C=O) groups excluding carboxylic acids is 1. The molecular formula is C51H91N11O11S2. The van der Waals surface area contributed by atoms with E-state index in [-0.39, 0.29) is 79.4 Å². The highest BCUT2D eigenvalue weighted by Gasteiger charge is 2.41. The molecule has 3 heterocycles. The summed E-state index contributed by atoms with van der Waals surface area (Å²) < 4.78 is 0. The normalized spacial score (nSPS) is 33.9. The standard InChI is InChI=1S/C51H91N11O11S2/c1-6-28(4)43(50(72)57-35(44(53)66)17-18-41(52)64)61-47(69)38(22-31-23-54-34-11-8-7-10-33(31)34)58-48(70)39-26-75-74-25-29(5)51(73)62-19-9-12-40(62)49(71)59-37(21-30-13-15-32(63)16-14-30)45(67)55-24-42(65)56-36(20-27(2)3)46(68)60-39/h7-8,10-11,13-16,23,27-29,31,33-49,51,55-56,58-61,63-71,73H,6,9,12,17-22,24-26,52-53H2,1-5H3,(H,57,72)/t28?,29-,31?,33?,34?,35-,36-,37-,38-,39-,40-,41+,42+,43-,44-,45+,46-,47-,48+,49-,51+/m0/s1. The topological polar surface area (TPSA) is 371 Å². The minimum absolute atomic E-state index is 0.0264. The van der Waals surface area contributed by atoms with E-state index in [1.54, 1.807) is 12.1 Å². The van der Waals surface area contributed by atoms with Gasteiger partial charge in [-0.3, -0.25) is 46.6 Å². The Morgan fingerprint density at radius 3 is 2.25 bits per heavy atom. The summed E-state index contributed by atoms with van der Waals surface area (Å²) in [6.45, 7) is 9.96. The van der Waals surface area contributed by atoms with Gasteiger partial charge in [0.1, 0.15) is 61.8 Å². The van der Waals surface area contributed by atoms with Gasteiger partial charge >= 0.3 is 0 Å². The summed E-state index contributed by atoms with van der Waals surface area (Å²) >= 11 is 0. The Balaban J connectivity index is 1.42. The SMILES string of the molecule is CCC(C)[C@H](N[C@@H](O)[C@H](CC1C=NC2C=CC=CC12)N[C@H](O)[C@@H]1CSSC[C@H](C)[C@@H](O)N2CCC[C@H]2[C@H](O)N[C@@H](Cc2ccc(O)cc2)[C@@H](O)NC[C@@H](O)N[C@@H](CC(C)C)[C@H](O)N1)C(=O)N[C@@H](CC[C@H](N)O)[C@@H](N)O. The minimum Gasteiger partial charge on any atom is -0.508 e. The van der Waals surface area contributed by atoms with Crippen LogP contribution in [0, 0.1) is 29.6 Å². The van der Waals surface area contributed by atoms with E-state index in [2.05, 4.69) is 43.3 Å². The van der Waals surface area contributed by atoms with Gasteiger partial charge in [0.15, 0.2) is 0 Å². The maximum absolute atomic E-state index is 14.0. The van der Waals surface area contributed by atoms with E-state index < -0.39 is 104 Å². The second kappa shape index (κ2) is 31.4. The third-order valence-electron chi connectivity index (χ3n) is 14.9. The molecule has 428 valence electrons. The fraction of sp³-hybridized carbons (Fsp3) is 0.765. The quantitative estimate of drug-likeness (QED) is 0.0503. The zero-order chi connectivity index (χ0) is 54.9. The van der Waals surface area contributed by atoms with Crippen LogP contribution in [0.1, 0.15) is 85.1 Å². The number of phenols is 1. The van der Waals surface area contributed by atoms with Gasteiger partial charge in [0.25, 0.3) is 0 Å². The first-order valence-corrected chi connectivity index (χ1v) is 29.3. The molecule has 21 N–H and O–H groups in total. The van der Waals surface area contributed by atoms with Crippen molar-refractivity contribution in [3.63, 3.8) is 0 Å². The van der Waals surface area contributed by atoms with Crippen molar-refractivity contribution >= 4 is 33.7 Å². The molecule has 24 heteroatoms. The van der Waals surface area contributed by atoms with E-state index in [9.17, 15) is 55.9 Å². The molecule has 5 rings (SSSR count). The van der Waals surface area contributed by atoms with Crippen molar-refractivity contribution in [3.8, 4) is 5.75 Å². The van der Waals surface area contributed by atoms with Crippen LogP contribution in [0.15, 0.2) is 53.6 Å². The summed E-state index contributed by atoms with van der Waals surface area (Å²) in [6.07, 6.45) is 1.11. The molecule has 0 aromatic heterocycles. The van der Waals surface area contributed by atoms with E-state index in [0.29, 0.717) is 31.6 Å². The summed E-state index contributed by atoms with van der Waals surface area (Å²) in [5, 5.41) is 135. The molecule has 4 aliphatic rings. The molecule has 4 unspecified atom stereocenters. The fourth-order valence-corrected chi connectivity index (χ4v) is 12.9. The monoisotopic (exact) mass is 1100 g/mol. The van der Waals surface area contributed by atoms with Crippen molar-refractivity contribution in [2.75, 3.05) is 24.6 Å². The van der Waals surface area contributed by atoms with Gasteiger partial charge in [0, 0.05) is 60.6 Å². The molecular weight excluding hydrogens is 1010 g/mol. The Labute approximate surface area is 450 Å². The van der Waals surface area contributed by atoms with E-state index in [0.717, 1.165) is 12.0 Å². The highest BCUT2D eigenvalue weighted by atomic mass is 33.1. The van der Waals surface area contributed by atoms with Crippen LogP contribution < -0.4 is 48.7 Å². The molecule has 75 heavy (non-hydrogen) atoms. The fourth-order valence-electron chi connectivity index (χ4n) is 10.3. The van der Waals surface area contributed by atoms with Crippen LogP contribution in [-0.4, -0.2) is 197 Å². The van der Waals surface area contributed by atoms with E-state index in [4.69, 9.17) is 16.5 Å². The summed E-state index contributed by atoms with van der Waals surface area (Å²) in [5.41, 5.74) is 12.1. The molecule has 2 fully saturated rings. The number of nitrogens with two attached hydrogens (primary N) is 2. The molecule has 0 spiro atoms. The number of hydrogen-bond acceptors (Lipinski definition) is 23. The number of aliphatic imine (C=N–C) groups is 1. The van der Waals surface area contributed by atoms with Crippen LogP contribution >= 0.6 is 21.6 Å². The number of aliphatic hydroxyl groups excluding tert-OH is 9. The van der Waals surface area contributed by atoms with Crippen LogP contribution in [0.2, 0.25) is 0 Å². The smallest absolute Gasteiger partial charge is 0.237 e. The van der Waals surface area contributed by atoms with Gasteiger partial charge in [-0.1, -0.05) is 99.1 Å². The van der Waals surface area contributed by atoms with Gasteiger partial charge in [0.05, 0.1) is 36.3 Å². The highest BCUT2D eigenvalue weighted by molar-refractivity contribution is 8.76. The summed E-state index contributed by atoms with van der Waals surface area (Å²) in [7, 11) is 2.88. The maximum Gasteiger partial charge on any atom is 0.237 e. The van der Waals surface area contributed by atoms with E-state index in [1.807, 2.05) is 64.0 Å². The van der Waals surface area contributed by atoms with Crippen LogP contribution in [0.3, 0.4) is 0 Å². The number of aliphatic hydroxyl groups is 9. The van der Waals surface area contributed by atoms with Crippen LogP contribution in [-0.2, 0) is 11.2 Å². The molecule has 0 radical (unpaired) electrons. The molecule has 0 bridgehead atoms. The van der Waals surface area contributed by atoms with E-state index >= 15 is 0 Å². The number of hydrogen-bond donors (Lipinski definition) is 19. The number of fused-ring (bicyclic) bond motifs is 2. The number of carbonyl (C=O) groups is 1. The van der Waals surface area contributed by atoms with Crippen LogP contribution in [0.4, 0.5) is 0 Å². The number of aromatic hydroxyl groups is 1. The second-order valence-corrected chi connectivity index (χ2v) is 24.0. The molecule has 1 amide bonds. The van der Waals surface area contributed by atoms with Crippen LogP contribution in [0.5, 0.6) is 5.75 Å². The number of amides is 1. The maximum atomic E-state index is 14.0. The van der Waals surface area contributed by atoms with Gasteiger partial charge in [-0.05, 0) is 74.5 Å². The largest absolute Gasteiger partial charge is 0.508 e. The highest BCUT2D eigenvalue weighted by Crippen LogP contribution is 2.34. The average Bonchev–Trinajstić information content (AvgIpc) is 4.03. The number of allylic oxidation sites excluding steroid dienone is 2. The van der Waals surface area contributed by atoms with Gasteiger partial charge in [-0.2, -0.15) is 0 Å². The molecule has 3 aliphatic heterocycles. The van der Waals surface area contributed by atoms with Gasteiger partial charge < -0.3 is 67.8 Å². The lowest BCUT2D eigenvalue weighted by atomic mass is 9.83. The zero-order valence-electron chi connectivity index (χ0n) is 44.1. The number of phenolic OH excluding ortho intramolecular Hbond substituents is 1. The number of nitrogens with one attached hydrogen (secondary N) is 7. The lowest BCUT2D eigenvalue weighted by molar-refractivity contribution is -0.127. The Hall–Kier alpha value is -2.38. The number of rotatable bonds is 20. The third-order valence-corrected chi connectivity index (χ3v) is 17.6. The minimum atomic E-state index is -1.46. The summed E-state index contributed by atoms with van der Waals surface area (Å²) in [5.74, 6) is -0.587. The Kier molecular flexibility index (Phi) is 26.6. The number of nitrogens with zero attached hydrogens (tertiary/aromatic N) is 2. The van der Waals surface area contributed by atoms with Crippen molar-refractivity contribution in [2.45, 2.75) is 190 Å². The molecule has 22 nitrogen and oxygen atoms in total. The first kappa shape index (κ1) is 63.5. The molecule has 0 saturated carbocycles. The predicted molar refractivity (Wildman–Crippen MR) is 293 cm³/mol. The molecule has 21 atom stereocenters. The Morgan fingerprint density at radius 2 is 1.57 bits per heavy atom. The average molecular weight is 1100 g/mol. The van der Waals surface area contributed by atoms with Crippen molar-refractivity contribution in [1.29, 1.82) is 0 Å². The lowest BCUT2D eigenvalue weighted by Gasteiger charge is -2.38. The number of benzene rings is 1. The van der Waals surface area contributed by atoms with Gasteiger partial charge in [0.2, 0.25) is 5.91 Å². The first-order valence-electron chi connectivity index (χ1n) is 26.8. The molecule has 2 saturated heterocycles. The van der Waals surface area contributed by atoms with Gasteiger partial charge in [-0.25, -0.2) is 0 Å². The van der Waals surface area contributed by atoms with Crippen molar-refractivity contribution in [2.24, 2.45) is 46.0 Å². The third kappa shape index (κ3) is 19.7. The molecule has 1 aromatic rings. The molecule has 1 aliphatic carbocycles.